The Morgan fingerprint density at radius 3 is 1.96 bits per heavy atom. The predicted octanol–water partition coefficient (Wildman–Crippen LogP) is 4.91. The second kappa shape index (κ2) is 7.68. The molecule has 3 rings (SSSR count). The number of Topliss-reactive ketones (excluding diaryl/α,β-unsaturated/α-hetero) is 3. The van der Waals surface area contributed by atoms with Gasteiger partial charge in [0.1, 0.15) is 11.3 Å². The number of allylic oxidation sites excluding steroid dienone is 1. The van der Waals surface area contributed by atoms with Gasteiger partial charge in [0, 0.05) is 38.8 Å². The summed E-state index contributed by atoms with van der Waals surface area (Å²) in [6.07, 6.45) is -0.111. The zero-order valence-electron chi connectivity index (χ0n) is 13.5. The van der Waals surface area contributed by atoms with Crippen molar-refractivity contribution in [2.45, 2.75) is 12.8 Å². The number of benzene rings is 2. The number of hydrogen-bond donors (Lipinski definition) is 1. The molecular formula is C20H14Br2O4. The topological polar surface area (TPSA) is 71.4 Å². The van der Waals surface area contributed by atoms with Crippen molar-refractivity contribution in [1.82, 2.24) is 0 Å². The van der Waals surface area contributed by atoms with E-state index in [-0.39, 0.29) is 30.0 Å². The zero-order valence-corrected chi connectivity index (χ0v) is 16.7. The zero-order chi connectivity index (χ0) is 18.8. The lowest BCUT2D eigenvalue weighted by atomic mass is 9.95. The first-order valence-corrected chi connectivity index (χ1v) is 9.50. The van der Waals surface area contributed by atoms with Crippen molar-refractivity contribution in [3.63, 3.8) is 0 Å². The smallest absolute Gasteiger partial charge is 0.174 e. The second-order valence-electron chi connectivity index (χ2n) is 6.05. The van der Waals surface area contributed by atoms with Crippen LogP contribution in [0, 0.1) is 5.92 Å². The van der Waals surface area contributed by atoms with Crippen LogP contribution in [-0.4, -0.2) is 22.5 Å². The summed E-state index contributed by atoms with van der Waals surface area (Å²) in [5.74, 6) is -2.16. The largest absolute Gasteiger partial charge is 0.506 e. The van der Waals surface area contributed by atoms with E-state index in [0.717, 1.165) is 8.95 Å². The van der Waals surface area contributed by atoms with Crippen LogP contribution in [0.4, 0.5) is 0 Å². The molecule has 0 amide bonds. The van der Waals surface area contributed by atoms with Crippen molar-refractivity contribution in [3.05, 3.63) is 74.2 Å². The Morgan fingerprint density at radius 1 is 0.923 bits per heavy atom. The van der Waals surface area contributed by atoms with Gasteiger partial charge in [0.25, 0.3) is 0 Å². The molecule has 2 aromatic rings. The van der Waals surface area contributed by atoms with E-state index < -0.39 is 17.5 Å². The highest BCUT2D eigenvalue weighted by atomic mass is 79.9. The minimum absolute atomic E-state index is 0.0523. The van der Waals surface area contributed by atoms with Crippen molar-refractivity contribution in [3.8, 4) is 0 Å². The van der Waals surface area contributed by atoms with E-state index in [1.54, 1.807) is 48.5 Å². The number of aliphatic hydroxyl groups is 1. The summed E-state index contributed by atoms with van der Waals surface area (Å²) in [6, 6.07) is 13.5. The standard InChI is InChI=1S/C20H14Br2O4/c21-14-5-1-11(2-6-14)16(23)9-13-10-17(24)18(20(13)26)19(25)12-3-7-15(22)8-4-12/h1-8,13,25H,9-10H2/b19-18-. The Morgan fingerprint density at radius 2 is 1.42 bits per heavy atom. The number of carbonyl (C=O) groups is 3. The molecule has 0 bridgehead atoms. The molecule has 132 valence electrons. The Balaban J connectivity index is 1.82. The van der Waals surface area contributed by atoms with Gasteiger partial charge < -0.3 is 5.11 Å². The van der Waals surface area contributed by atoms with Gasteiger partial charge in [-0.2, -0.15) is 0 Å². The van der Waals surface area contributed by atoms with Crippen LogP contribution in [0.15, 0.2) is 63.0 Å². The number of carbonyl (C=O) groups excluding carboxylic acids is 3. The monoisotopic (exact) mass is 476 g/mol. The third-order valence-electron chi connectivity index (χ3n) is 4.28. The molecule has 0 radical (unpaired) electrons. The van der Waals surface area contributed by atoms with Gasteiger partial charge in [-0.25, -0.2) is 0 Å². The normalized spacial score (nSPS) is 18.9. The quantitative estimate of drug-likeness (QED) is 0.294. The summed E-state index contributed by atoms with van der Waals surface area (Å²) in [7, 11) is 0. The van der Waals surface area contributed by atoms with Crippen LogP contribution in [0.2, 0.25) is 0 Å². The molecule has 0 aliphatic heterocycles. The molecule has 6 heteroatoms. The van der Waals surface area contributed by atoms with E-state index >= 15 is 0 Å². The summed E-state index contributed by atoms with van der Waals surface area (Å²) in [5.41, 5.74) is 0.675. The molecule has 1 atom stereocenters. The minimum Gasteiger partial charge on any atom is -0.506 e. The van der Waals surface area contributed by atoms with Crippen LogP contribution in [-0.2, 0) is 9.59 Å². The van der Waals surface area contributed by atoms with Gasteiger partial charge in [0.2, 0.25) is 0 Å². The van der Waals surface area contributed by atoms with Crippen LogP contribution in [0.25, 0.3) is 5.76 Å². The van der Waals surface area contributed by atoms with Gasteiger partial charge >= 0.3 is 0 Å². The summed E-state index contributed by atoms with van der Waals surface area (Å²) in [4.78, 5) is 37.3. The lowest BCUT2D eigenvalue weighted by molar-refractivity contribution is -0.118. The fraction of sp³-hybridized carbons (Fsp3) is 0.150. The molecular weight excluding hydrogens is 464 g/mol. The van der Waals surface area contributed by atoms with Crippen LogP contribution in [0.5, 0.6) is 0 Å². The maximum Gasteiger partial charge on any atom is 0.174 e. The average molecular weight is 478 g/mol. The Hall–Kier alpha value is -2.05. The molecule has 0 spiro atoms. The van der Waals surface area contributed by atoms with Gasteiger partial charge in [-0.3, -0.25) is 14.4 Å². The third kappa shape index (κ3) is 3.86. The molecule has 4 nitrogen and oxygen atoms in total. The van der Waals surface area contributed by atoms with E-state index in [9.17, 15) is 19.5 Å². The number of hydrogen-bond acceptors (Lipinski definition) is 4. The maximum absolute atomic E-state index is 12.6. The van der Waals surface area contributed by atoms with Crippen molar-refractivity contribution in [1.29, 1.82) is 0 Å². The summed E-state index contributed by atoms with van der Waals surface area (Å²) < 4.78 is 1.67. The van der Waals surface area contributed by atoms with Gasteiger partial charge in [0.05, 0.1) is 0 Å². The van der Waals surface area contributed by atoms with Crippen molar-refractivity contribution >= 4 is 55.0 Å². The van der Waals surface area contributed by atoms with E-state index in [0.29, 0.717) is 11.1 Å². The summed E-state index contributed by atoms with van der Waals surface area (Å²) in [5, 5.41) is 10.4. The fourth-order valence-electron chi connectivity index (χ4n) is 2.90. The summed E-state index contributed by atoms with van der Waals surface area (Å²) in [6.45, 7) is 0. The van der Waals surface area contributed by atoms with Crippen molar-refractivity contribution in [2.24, 2.45) is 5.92 Å². The van der Waals surface area contributed by atoms with Gasteiger partial charge in [0.15, 0.2) is 17.3 Å². The van der Waals surface area contributed by atoms with Crippen LogP contribution >= 0.6 is 31.9 Å². The Labute approximate surface area is 167 Å². The molecule has 0 aromatic heterocycles. The molecule has 2 aromatic carbocycles. The van der Waals surface area contributed by atoms with E-state index in [1.165, 1.54) is 0 Å². The molecule has 1 saturated carbocycles. The van der Waals surface area contributed by atoms with Gasteiger partial charge in [-0.05, 0) is 24.3 Å². The molecule has 1 N–H and O–H groups in total. The van der Waals surface area contributed by atoms with E-state index in [2.05, 4.69) is 31.9 Å². The Kier molecular flexibility index (Phi) is 5.53. The third-order valence-corrected chi connectivity index (χ3v) is 5.34. The fourth-order valence-corrected chi connectivity index (χ4v) is 3.43. The Bertz CT molecular complexity index is 912. The molecule has 1 aliphatic rings. The molecule has 1 fully saturated rings. The van der Waals surface area contributed by atoms with Gasteiger partial charge in [-0.1, -0.05) is 56.1 Å². The molecule has 0 heterocycles. The lowest BCUT2D eigenvalue weighted by Gasteiger charge is -2.07. The SMILES string of the molecule is O=C1CC(CC(=O)c2ccc(Br)cc2)C(=O)/C1=C(\O)c1ccc(Br)cc1. The minimum atomic E-state index is -0.730. The van der Waals surface area contributed by atoms with E-state index in [4.69, 9.17) is 0 Å². The van der Waals surface area contributed by atoms with Crippen molar-refractivity contribution < 1.29 is 19.5 Å². The van der Waals surface area contributed by atoms with Crippen LogP contribution in [0.3, 0.4) is 0 Å². The van der Waals surface area contributed by atoms with Crippen LogP contribution in [0.1, 0.15) is 28.8 Å². The summed E-state index contributed by atoms with van der Waals surface area (Å²) >= 11 is 6.60. The number of ketones is 3. The van der Waals surface area contributed by atoms with Crippen LogP contribution < -0.4 is 0 Å². The second-order valence-corrected chi connectivity index (χ2v) is 7.88. The molecule has 26 heavy (non-hydrogen) atoms. The number of aliphatic hydroxyl groups excluding tert-OH is 1. The first kappa shape index (κ1) is 18.7. The first-order chi connectivity index (χ1) is 12.4. The average Bonchev–Trinajstić information content (AvgIpc) is 2.89. The molecule has 1 unspecified atom stereocenters. The highest BCUT2D eigenvalue weighted by molar-refractivity contribution is 9.10. The molecule has 0 saturated heterocycles. The van der Waals surface area contributed by atoms with Crippen molar-refractivity contribution in [2.75, 3.05) is 0 Å². The maximum atomic E-state index is 12.6. The van der Waals surface area contributed by atoms with Gasteiger partial charge in [-0.15, -0.1) is 0 Å². The number of rotatable bonds is 4. The highest BCUT2D eigenvalue weighted by Crippen LogP contribution is 2.32. The lowest BCUT2D eigenvalue weighted by Crippen LogP contribution is -2.14. The number of halogens is 2. The highest BCUT2D eigenvalue weighted by Gasteiger charge is 2.40. The van der Waals surface area contributed by atoms with E-state index in [1.807, 2.05) is 0 Å². The predicted molar refractivity (Wildman–Crippen MR) is 105 cm³/mol. The molecule has 1 aliphatic carbocycles. The first-order valence-electron chi connectivity index (χ1n) is 7.92.